The molecule has 0 saturated carbocycles. The van der Waals surface area contributed by atoms with Gasteiger partial charge in [-0.25, -0.2) is 4.79 Å². The smallest absolute Gasteiger partial charge is 0.339 e. The molecule has 2 heterocycles. The van der Waals surface area contributed by atoms with Gasteiger partial charge in [-0.05, 0) is 36.8 Å². The van der Waals surface area contributed by atoms with Crippen LogP contribution in [0.2, 0.25) is 0 Å². The fourth-order valence-corrected chi connectivity index (χ4v) is 3.75. The van der Waals surface area contributed by atoms with Crippen molar-refractivity contribution in [3.05, 3.63) is 23.0 Å². The van der Waals surface area contributed by atoms with Crippen molar-refractivity contribution in [2.45, 2.75) is 46.7 Å². The summed E-state index contributed by atoms with van der Waals surface area (Å²) in [5, 5.41) is 9.81. The molecule has 1 fully saturated rings. The molecule has 0 bridgehead atoms. The molecule has 0 spiro atoms. The molecule has 148 valence electrons. The highest BCUT2D eigenvalue weighted by atomic mass is 16.5. The Kier molecular flexibility index (Phi) is 6.74. The van der Waals surface area contributed by atoms with Gasteiger partial charge in [-0.2, -0.15) is 0 Å². The van der Waals surface area contributed by atoms with E-state index in [-0.39, 0.29) is 11.6 Å². The fourth-order valence-electron chi connectivity index (χ4n) is 3.75. The van der Waals surface area contributed by atoms with Gasteiger partial charge in [0, 0.05) is 33.7 Å². The standard InChI is InChI=1S/C20H35N3O3/c1-15-14-16(22-10-12-26-13-11-22)23(9-7-8-20(2,3)4)18(21(5)6)17(15)19(24)25/h14,16H,7-13H2,1-6H3,(H,24,25). The van der Waals surface area contributed by atoms with E-state index in [1.807, 2.05) is 25.9 Å². The van der Waals surface area contributed by atoms with Crippen molar-refractivity contribution in [2.24, 2.45) is 5.41 Å². The number of ether oxygens (including phenoxy) is 1. The molecule has 0 aromatic carbocycles. The Morgan fingerprint density at radius 2 is 1.92 bits per heavy atom. The molecule has 2 aliphatic heterocycles. The van der Waals surface area contributed by atoms with Crippen molar-refractivity contribution in [1.82, 2.24) is 14.7 Å². The molecule has 0 aromatic rings. The molecule has 0 radical (unpaired) electrons. The molecule has 0 aromatic heterocycles. The van der Waals surface area contributed by atoms with Crippen molar-refractivity contribution >= 4 is 5.97 Å². The van der Waals surface area contributed by atoms with Gasteiger partial charge < -0.3 is 19.6 Å². The first kappa shape index (κ1) is 20.8. The minimum Gasteiger partial charge on any atom is -0.478 e. The highest BCUT2D eigenvalue weighted by Gasteiger charge is 2.35. The summed E-state index contributed by atoms with van der Waals surface area (Å²) in [5.74, 6) is -0.0494. The molecular weight excluding hydrogens is 330 g/mol. The summed E-state index contributed by atoms with van der Waals surface area (Å²) >= 11 is 0. The fraction of sp³-hybridized carbons (Fsp3) is 0.750. The summed E-state index contributed by atoms with van der Waals surface area (Å²) in [7, 11) is 3.87. The molecule has 6 heteroatoms. The van der Waals surface area contributed by atoms with Crippen LogP contribution in [-0.2, 0) is 9.53 Å². The number of carboxylic acids is 1. The molecule has 2 rings (SSSR count). The Hall–Kier alpha value is -1.53. The Labute approximate surface area is 158 Å². The van der Waals surface area contributed by atoms with Crippen LogP contribution in [0.5, 0.6) is 0 Å². The average molecular weight is 366 g/mol. The van der Waals surface area contributed by atoms with E-state index in [1.54, 1.807) is 0 Å². The van der Waals surface area contributed by atoms with E-state index in [0.29, 0.717) is 5.57 Å². The number of rotatable bonds is 6. The van der Waals surface area contributed by atoms with Crippen LogP contribution >= 0.6 is 0 Å². The van der Waals surface area contributed by atoms with Crippen molar-refractivity contribution in [2.75, 3.05) is 46.9 Å². The SMILES string of the molecule is CC1=CC(N2CCOCC2)N(CCCC(C)(C)C)C(N(C)C)=C1C(=O)O. The molecule has 0 aliphatic carbocycles. The summed E-state index contributed by atoms with van der Waals surface area (Å²) in [5.41, 5.74) is 1.52. The Morgan fingerprint density at radius 1 is 1.31 bits per heavy atom. The Bertz CT molecular complexity index is 569. The molecule has 6 nitrogen and oxygen atoms in total. The summed E-state index contributed by atoms with van der Waals surface area (Å²) in [6.07, 6.45) is 4.32. The third-order valence-electron chi connectivity index (χ3n) is 4.99. The number of nitrogens with zero attached hydrogens (tertiary/aromatic N) is 3. The zero-order valence-corrected chi connectivity index (χ0v) is 17.2. The van der Waals surface area contributed by atoms with E-state index >= 15 is 0 Å². The molecule has 0 amide bonds. The highest BCUT2D eigenvalue weighted by molar-refractivity contribution is 5.92. The predicted octanol–water partition coefficient (Wildman–Crippen LogP) is 2.59. The van der Waals surface area contributed by atoms with Gasteiger partial charge in [0.1, 0.15) is 17.6 Å². The highest BCUT2D eigenvalue weighted by Crippen LogP contribution is 2.31. The van der Waals surface area contributed by atoms with Crippen LogP contribution in [0.15, 0.2) is 23.0 Å². The normalized spacial score (nSPS) is 22.5. The quantitative estimate of drug-likeness (QED) is 0.781. The summed E-state index contributed by atoms with van der Waals surface area (Å²) < 4.78 is 5.51. The maximum absolute atomic E-state index is 12.0. The van der Waals surface area contributed by atoms with E-state index in [9.17, 15) is 9.90 Å². The van der Waals surface area contributed by atoms with Crippen LogP contribution in [0, 0.1) is 5.41 Å². The van der Waals surface area contributed by atoms with Gasteiger partial charge in [-0.15, -0.1) is 0 Å². The van der Waals surface area contributed by atoms with Crippen LogP contribution in [0.25, 0.3) is 0 Å². The lowest BCUT2D eigenvalue weighted by Gasteiger charge is -2.46. The van der Waals surface area contributed by atoms with Crippen LogP contribution in [0.4, 0.5) is 0 Å². The maximum Gasteiger partial charge on any atom is 0.339 e. The molecule has 1 saturated heterocycles. The first-order valence-electron chi connectivity index (χ1n) is 9.54. The number of hydrogen-bond donors (Lipinski definition) is 1. The Morgan fingerprint density at radius 3 is 2.42 bits per heavy atom. The van der Waals surface area contributed by atoms with E-state index in [4.69, 9.17) is 4.74 Å². The van der Waals surface area contributed by atoms with E-state index in [0.717, 1.165) is 57.1 Å². The summed E-state index contributed by atoms with van der Waals surface area (Å²) in [4.78, 5) is 18.6. The minimum atomic E-state index is -0.858. The average Bonchev–Trinajstić information content (AvgIpc) is 2.54. The van der Waals surface area contributed by atoms with Gasteiger partial charge in [0.2, 0.25) is 0 Å². The van der Waals surface area contributed by atoms with E-state index in [1.165, 1.54) is 0 Å². The van der Waals surface area contributed by atoms with Gasteiger partial charge in [-0.1, -0.05) is 20.8 Å². The van der Waals surface area contributed by atoms with Gasteiger partial charge in [0.05, 0.1) is 13.2 Å². The van der Waals surface area contributed by atoms with Crippen LogP contribution in [-0.4, -0.2) is 78.9 Å². The van der Waals surface area contributed by atoms with Crippen molar-refractivity contribution in [1.29, 1.82) is 0 Å². The maximum atomic E-state index is 12.0. The molecule has 26 heavy (non-hydrogen) atoms. The summed E-state index contributed by atoms with van der Waals surface area (Å²) in [6, 6.07) is 0. The molecule has 1 unspecified atom stereocenters. The number of morpholine rings is 1. The topological polar surface area (TPSA) is 56.2 Å². The van der Waals surface area contributed by atoms with Gasteiger partial charge >= 0.3 is 5.97 Å². The van der Waals surface area contributed by atoms with Crippen LogP contribution in [0.3, 0.4) is 0 Å². The number of carboxylic acid groups (broad SMARTS) is 1. The van der Waals surface area contributed by atoms with Crippen molar-refractivity contribution in [3.8, 4) is 0 Å². The molecule has 1 N–H and O–H groups in total. The largest absolute Gasteiger partial charge is 0.478 e. The van der Waals surface area contributed by atoms with Crippen molar-refractivity contribution in [3.63, 3.8) is 0 Å². The third-order valence-corrected chi connectivity index (χ3v) is 4.99. The second-order valence-electron chi connectivity index (χ2n) is 8.67. The number of hydrogen-bond acceptors (Lipinski definition) is 5. The number of aliphatic carboxylic acids is 1. The third kappa shape index (κ3) is 5.01. The molecule has 2 aliphatic rings. The Balaban J connectivity index is 2.35. The lowest BCUT2D eigenvalue weighted by atomic mass is 9.90. The number of carbonyl (C=O) groups is 1. The van der Waals surface area contributed by atoms with Crippen LogP contribution in [0.1, 0.15) is 40.5 Å². The second kappa shape index (κ2) is 8.44. The molecule has 1 atom stereocenters. The van der Waals surface area contributed by atoms with Gasteiger partial charge in [0.25, 0.3) is 0 Å². The summed E-state index contributed by atoms with van der Waals surface area (Å²) in [6.45, 7) is 12.7. The van der Waals surface area contributed by atoms with Crippen molar-refractivity contribution < 1.29 is 14.6 Å². The molecular formula is C20H35N3O3. The minimum absolute atomic E-state index is 0.0827. The van der Waals surface area contributed by atoms with E-state index < -0.39 is 5.97 Å². The van der Waals surface area contributed by atoms with Gasteiger partial charge in [0.15, 0.2) is 0 Å². The second-order valence-corrected chi connectivity index (χ2v) is 8.67. The first-order chi connectivity index (χ1) is 12.1. The van der Waals surface area contributed by atoms with E-state index in [2.05, 4.69) is 36.6 Å². The lowest BCUT2D eigenvalue weighted by Crippen LogP contribution is -2.54. The predicted molar refractivity (Wildman–Crippen MR) is 104 cm³/mol. The first-order valence-corrected chi connectivity index (χ1v) is 9.54. The van der Waals surface area contributed by atoms with Gasteiger partial charge in [-0.3, -0.25) is 4.90 Å². The monoisotopic (exact) mass is 365 g/mol. The zero-order valence-electron chi connectivity index (χ0n) is 17.2. The van der Waals surface area contributed by atoms with Crippen LogP contribution < -0.4 is 0 Å². The lowest BCUT2D eigenvalue weighted by molar-refractivity contribution is -0.132. The zero-order chi connectivity index (χ0) is 19.5.